The smallest absolute Gasteiger partial charge is 0.243 e. The number of aliphatic hydroxyl groups is 1. The van der Waals surface area contributed by atoms with Crippen LogP contribution in [0.4, 0.5) is 0 Å². The van der Waals surface area contributed by atoms with E-state index in [2.05, 4.69) is 0 Å². The van der Waals surface area contributed by atoms with E-state index in [4.69, 9.17) is 5.11 Å². The molecule has 4 nitrogen and oxygen atoms in total. The number of benzene rings is 2. The molecule has 2 aromatic carbocycles. The first-order chi connectivity index (χ1) is 9.95. The number of sulfonamides is 1. The molecule has 0 aliphatic carbocycles. The van der Waals surface area contributed by atoms with Crippen molar-refractivity contribution in [2.45, 2.75) is 25.0 Å². The van der Waals surface area contributed by atoms with E-state index in [1.54, 1.807) is 25.2 Å². The predicted octanol–water partition coefficient (Wildman–Crippen LogP) is 2.31. The Morgan fingerprint density at radius 1 is 1.10 bits per heavy atom. The Hall–Kier alpha value is -1.69. The van der Waals surface area contributed by atoms with Crippen molar-refractivity contribution >= 4 is 10.0 Å². The number of hydrogen-bond acceptors (Lipinski definition) is 3. The van der Waals surface area contributed by atoms with Crippen LogP contribution in [-0.2, 0) is 23.2 Å². The summed E-state index contributed by atoms with van der Waals surface area (Å²) in [4.78, 5) is 0.199. The zero-order valence-electron chi connectivity index (χ0n) is 12.2. The highest BCUT2D eigenvalue weighted by molar-refractivity contribution is 7.89. The molecular weight excluding hydrogens is 286 g/mol. The molecule has 0 saturated carbocycles. The number of aryl methyl sites for hydroxylation is 1. The van der Waals surface area contributed by atoms with E-state index < -0.39 is 10.0 Å². The van der Waals surface area contributed by atoms with Crippen LogP contribution in [0.5, 0.6) is 0 Å². The summed E-state index contributed by atoms with van der Waals surface area (Å²) in [5, 5.41) is 9.13. The first-order valence-electron chi connectivity index (χ1n) is 6.66. The predicted molar refractivity (Wildman–Crippen MR) is 82.2 cm³/mol. The van der Waals surface area contributed by atoms with Gasteiger partial charge in [0.1, 0.15) is 0 Å². The zero-order chi connectivity index (χ0) is 15.5. The topological polar surface area (TPSA) is 57.6 Å². The molecular formula is C16H19NO3S. The third kappa shape index (κ3) is 3.50. The van der Waals surface area contributed by atoms with Crippen LogP contribution in [0.2, 0.25) is 0 Å². The van der Waals surface area contributed by atoms with Crippen LogP contribution in [0.1, 0.15) is 16.7 Å². The molecule has 0 saturated heterocycles. The van der Waals surface area contributed by atoms with Gasteiger partial charge in [-0.05, 0) is 35.7 Å². The van der Waals surface area contributed by atoms with E-state index in [0.717, 1.165) is 11.1 Å². The molecule has 0 fully saturated rings. The third-order valence-corrected chi connectivity index (χ3v) is 5.24. The average Bonchev–Trinajstić information content (AvgIpc) is 2.49. The summed E-state index contributed by atoms with van der Waals surface area (Å²) in [5.74, 6) is 0. The minimum Gasteiger partial charge on any atom is -0.392 e. The molecule has 0 atom stereocenters. The summed E-state index contributed by atoms with van der Waals surface area (Å²) in [6.45, 7) is 2.10. The van der Waals surface area contributed by atoms with Crippen LogP contribution in [-0.4, -0.2) is 24.9 Å². The minimum atomic E-state index is -3.56. The van der Waals surface area contributed by atoms with Gasteiger partial charge in [-0.25, -0.2) is 8.42 Å². The Morgan fingerprint density at radius 2 is 1.81 bits per heavy atom. The lowest BCUT2D eigenvalue weighted by molar-refractivity contribution is 0.281. The van der Waals surface area contributed by atoms with Crippen LogP contribution in [0, 0.1) is 6.92 Å². The van der Waals surface area contributed by atoms with E-state index in [9.17, 15) is 8.42 Å². The first-order valence-corrected chi connectivity index (χ1v) is 8.10. The summed E-state index contributed by atoms with van der Waals surface area (Å²) >= 11 is 0. The lowest BCUT2D eigenvalue weighted by Gasteiger charge is -2.18. The van der Waals surface area contributed by atoms with Gasteiger partial charge >= 0.3 is 0 Å². The molecule has 1 N–H and O–H groups in total. The monoisotopic (exact) mass is 305 g/mol. The van der Waals surface area contributed by atoms with Gasteiger partial charge in [-0.2, -0.15) is 4.31 Å². The number of hydrogen-bond donors (Lipinski definition) is 1. The molecule has 0 radical (unpaired) electrons. The van der Waals surface area contributed by atoms with Crippen molar-refractivity contribution in [1.29, 1.82) is 0 Å². The second-order valence-electron chi connectivity index (χ2n) is 4.99. The van der Waals surface area contributed by atoms with Gasteiger partial charge in [-0.3, -0.25) is 0 Å². The standard InChI is InChI=1S/C16H19NO3S/c1-13-6-3-4-8-15(13)11-17(2)21(19,20)16-9-5-7-14(10-16)12-18/h3-10,18H,11-12H2,1-2H3. The maximum absolute atomic E-state index is 12.6. The van der Waals surface area contributed by atoms with E-state index in [1.165, 1.54) is 10.4 Å². The van der Waals surface area contributed by atoms with Gasteiger partial charge in [0.2, 0.25) is 10.0 Å². The summed E-state index contributed by atoms with van der Waals surface area (Å²) in [5.41, 5.74) is 2.62. The number of nitrogens with zero attached hydrogens (tertiary/aromatic N) is 1. The summed E-state index contributed by atoms with van der Waals surface area (Å²) in [6, 6.07) is 14.1. The quantitative estimate of drug-likeness (QED) is 0.922. The van der Waals surface area contributed by atoms with Crippen LogP contribution < -0.4 is 0 Å². The molecule has 112 valence electrons. The van der Waals surface area contributed by atoms with E-state index >= 15 is 0 Å². The SMILES string of the molecule is Cc1ccccc1CN(C)S(=O)(=O)c1cccc(CO)c1. The Bertz CT molecular complexity index is 726. The largest absolute Gasteiger partial charge is 0.392 e. The molecule has 0 aromatic heterocycles. The molecule has 0 aliphatic heterocycles. The lowest BCUT2D eigenvalue weighted by atomic mass is 10.1. The first kappa shape index (κ1) is 15.7. The molecule has 0 spiro atoms. The van der Waals surface area contributed by atoms with Crippen LogP contribution in [0.25, 0.3) is 0 Å². The molecule has 0 unspecified atom stereocenters. The fourth-order valence-corrected chi connectivity index (χ4v) is 3.32. The fraction of sp³-hybridized carbons (Fsp3) is 0.250. The Labute approximate surface area is 125 Å². The average molecular weight is 305 g/mol. The Kier molecular flexibility index (Phi) is 4.77. The summed E-state index contributed by atoms with van der Waals surface area (Å²) in [6.07, 6.45) is 0. The van der Waals surface area contributed by atoms with Gasteiger partial charge in [0.05, 0.1) is 11.5 Å². The maximum atomic E-state index is 12.6. The van der Waals surface area contributed by atoms with Crippen LogP contribution >= 0.6 is 0 Å². The molecule has 5 heteroatoms. The van der Waals surface area contributed by atoms with Gasteiger partial charge in [0.25, 0.3) is 0 Å². The van der Waals surface area contributed by atoms with Gasteiger partial charge in [-0.1, -0.05) is 36.4 Å². The third-order valence-electron chi connectivity index (χ3n) is 3.44. The molecule has 0 amide bonds. The molecule has 2 rings (SSSR count). The highest BCUT2D eigenvalue weighted by atomic mass is 32.2. The fourth-order valence-electron chi connectivity index (χ4n) is 2.10. The minimum absolute atomic E-state index is 0.176. The van der Waals surface area contributed by atoms with Crippen molar-refractivity contribution < 1.29 is 13.5 Å². The van der Waals surface area contributed by atoms with Crippen molar-refractivity contribution in [3.63, 3.8) is 0 Å². The highest BCUT2D eigenvalue weighted by Crippen LogP contribution is 2.19. The number of aliphatic hydroxyl groups excluding tert-OH is 1. The van der Waals surface area contributed by atoms with Crippen molar-refractivity contribution in [1.82, 2.24) is 4.31 Å². The molecule has 21 heavy (non-hydrogen) atoms. The normalized spacial score (nSPS) is 11.8. The van der Waals surface area contributed by atoms with Crippen molar-refractivity contribution in [2.75, 3.05) is 7.05 Å². The molecule has 0 aliphatic rings. The van der Waals surface area contributed by atoms with Crippen molar-refractivity contribution in [3.8, 4) is 0 Å². The van der Waals surface area contributed by atoms with Gasteiger partial charge < -0.3 is 5.11 Å². The van der Waals surface area contributed by atoms with Gasteiger partial charge in [0, 0.05) is 13.6 Å². The molecule has 0 bridgehead atoms. The van der Waals surface area contributed by atoms with Gasteiger partial charge in [0.15, 0.2) is 0 Å². The summed E-state index contributed by atoms with van der Waals surface area (Å²) < 4.78 is 26.4. The van der Waals surface area contributed by atoms with E-state index in [0.29, 0.717) is 12.1 Å². The second kappa shape index (κ2) is 6.39. The highest BCUT2D eigenvalue weighted by Gasteiger charge is 2.21. The van der Waals surface area contributed by atoms with E-state index in [1.807, 2.05) is 31.2 Å². The van der Waals surface area contributed by atoms with E-state index in [-0.39, 0.29) is 11.5 Å². The Morgan fingerprint density at radius 3 is 2.48 bits per heavy atom. The zero-order valence-corrected chi connectivity index (χ0v) is 13.0. The van der Waals surface area contributed by atoms with Gasteiger partial charge in [-0.15, -0.1) is 0 Å². The van der Waals surface area contributed by atoms with Crippen molar-refractivity contribution in [2.24, 2.45) is 0 Å². The number of rotatable bonds is 5. The maximum Gasteiger partial charge on any atom is 0.243 e. The van der Waals surface area contributed by atoms with Crippen LogP contribution in [0.3, 0.4) is 0 Å². The molecule has 2 aromatic rings. The Balaban J connectivity index is 2.28. The molecule has 0 heterocycles. The summed E-state index contributed by atoms with van der Waals surface area (Å²) in [7, 11) is -2.00. The lowest BCUT2D eigenvalue weighted by Crippen LogP contribution is -2.26. The van der Waals surface area contributed by atoms with Crippen LogP contribution in [0.15, 0.2) is 53.4 Å². The van der Waals surface area contributed by atoms with Crippen molar-refractivity contribution in [3.05, 3.63) is 65.2 Å². The second-order valence-corrected chi connectivity index (χ2v) is 7.04.